The van der Waals surface area contributed by atoms with Gasteiger partial charge in [-0.05, 0) is 49.4 Å². The van der Waals surface area contributed by atoms with Crippen molar-refractivity contribution in [2.45, 2.75) is 6.92 Å². The molecule has 1 amide bonds. The van der Waals surface area contributed by atoms with E-state index in [-0.39, 0.29) is 24.0 Å². The number of phenolic OH excluding ortho intramolecular Hbond substituents is 2. The summed E-state index contributed by atoms with van der Waals surface area (Å²) in [5, 5.41) is 19.3. The van der Waals surface area contributed by atoms with Crippen LogP contribution >= 0.6 is 24.0 Å². The number of hydrogen-bond acceptors (Lipinski definition) is 7. The second-order valence-corrected chi connectivity index (χ2v) is 7.20. The van der Waals surface area contributed by atoms with Crippen LogP contribution < -0.4 is 4.90 Å². The lowest BCUT2D eigenvalue weighted by Crippen LogP contribution is -2.27. The molecule has 1 saturated heterocycles. The van der Waals surface area contributed by atoms with Crippen molar-refractivity contribution in [2.24, 2.45) is 0 Å². The molecule has 1 fully saturated rings. The molecule has 138 valence electrons. The van der Waals surface area contributed by atoms with Gasteiger partial charge in [0, 0.05) is 11.6 Å². The number of rotatable bonds is 4. The van der Waals surface area contributed by atoms with E-state index >= 15 is 0 Å². The third-order valence-corrected chi connectivity index (χ3v) is 5.03. The number of carbonyl (C=O) groups is 2. The van der Waals surface area contributed by atoms with E-state index in [1.54, 1.807) is 31.2 Å². The summed E-state index contributed by atoms with van der Waals surface area (Å²) in [7, 11) is 0. The zero-order valence-electron chi connectivity index (χ0n) is 14.2. The average Bonchev–Trinajstić information content (AvgIpc) is 2.91. The van der Waals surface area contributed by atoms with Gasteiger partial charge in [-0.2, -0.15) is 0 Å². The molecule has 0 aromatic heterocycles. The molecule has 3 rings (SSSR count). The summed E-state index contributed by atoms with van der Waals surface area (Å²) in [5.74, 6) is -0.976. The fourth-order valence-corrected chi connectivity index (χ4v) is 3.74. The Morgan fingerprint density at radius 2 is 1.93 bits per heavy atom. The number of thiocarbonyl (C=S) groups is 1. The van der Waals surface area contributed by atoms with Crippen molar-refractivity contribution in [3.63, 3.8) is 0 Å². The van der Waals surface area contributed by atoms with Gasteiger partial charge in [-0.25, -0.2) is 4.79 Å². The van der Waals surface area contributed by atoms with Crippen LogP contribution in [0.1, 0.15) is 22.8 Å². The molecule has 2 aromatic carbocycles. The molecular formula is C19H15NO5S2. The molecule has 1 heterocycles. The van der Waals surface area contributed by atoms with Crippen LogP contribution in [0.2, 0.25) is 0 Å². The monoisotopic (exact) mass is 401 g/mol. The first-order chi connectivity index (χ1) is 12.9. The zero-order chi connectivity index (χ0) is 19.6. The summed E-state index contributed by atoms with van der Waals surface area (Å²) < 4.78 is 5.28. The highest BCUT2D eigenvalue weighted by atomic mass is 32.2. The van der Waals surface area contributed by atoms with Gasteiger partial charge in [0.15, 0.2) is 4.32 Å². The fourth-order valence-electron chi connectivity index (χ4n) is 2.45. The Morgan fingerprint density at radius 1 is 1.22 bits per heavy atom. The Kier molecular flexibility index (Phi) is 5.48. The summed E-state index contributed by atoms with van der Waals surface area (Å²) in [4.78, 5) is 26.2. The molecule has 2 aromatic rings. The number of phenols is 2. The van der Waals surface area contributed by atoms with Crippen molar-refractivity contribution in [2.75, 3.05) is 11.5 Å². The minimum atomic E-state index is -0.433. The van der Waals surface area contributed by atoms with E-state index in [0.29, 0.717) is 26.0 Å². The van der Waals surface area contributed by atoms with Crippen LogP contribution in [-0.2, 0) is 9.53 Å². The molecule has 0 bridgehead atoms. The van der Waals surface area contributed by atoms with Crippen LogP contribution in [-0.4, -0.2) is 33.0 Å². The Hall–Kier alpha value is -2.84. The Balaban J connectivity index is 1.86. The number of anilines is 1. The number of amides is 1. The van der Waals surface area contributed by atoms with Crippen LogP contribution in [0.4, 0.5) is 5.69 Å². The number of esters is 1. The molecule has 0 aliphatic carbocycles. The van der Waals surface area contributed by atoms with Gasteiger partial charge < -0.3 is 14.9 Å². The number of carbonyl (C=O) groups excluding carboxylic acids is 2. The molecule has 0 spiro atoms. The lowest BCUT2D eigenvalue weighted by Gasteiger charge is -2.14. The summed E-state index contributed by atoms with van der Waals surface area (Å²) in [6, 6.07) is 10.5. The maximum absolute atomic E-state index is 12.7. The normalized spacial score (nSPS) is 15.4. The highest BCUT2D eigenvalue weighted by molar-refractivity contribution is 8.27. The van der Waals surface area contributed by atoms with E-state index in [9.17, 15) is 19.8 Å². The minimum Gasteiger partial charge on any atom is -0.508 e. The van der Waals surface area contributed by atoms with Crippen LogP contribution in [0.3, 0.4) is 0 Å². The number of nitrogens with zero attached hydrogens (tertiary/aromatic N) is 1. The van der Waals surface area contributed by atoms with E-state index in [4.69, 9.17) is 17.0 Å². The lowest BCUT2D eigenvalue weighted by atomic mass is 10.1. The SMILES string of the molecule is CCOC(=O)c1ccc(N2C(=O)/C(=C/c3ccc(O)cc3O)SC2=S)cc1. The number of hydrogen-bond donors (Lipinski definition) is 2. The minimum absolute atomic E-state index is 0.0705. The quantitative estimate of drug-likeness (QED) is 0.459. The third-order valence-electron chi connectivity index (χ3n) is 3.73. The van der Waals surface area contributed by atoms with Crippen molar-refractivity contribution in [3.05, 3.63) is 58.5 Å². The molecule has 0 radical (unpaired) electrons. The lowest BCUT2D eigenvalue weighted by molar-refractivity contribution is -0.113. The van der Waals surface area contributed by atoms with Gasteiger partial charge in [0.05, 0.1) is 22.8 Å². The van der Waals surface area contributed by atoms with Crippen molar-refractivity contribution < 1.29 is 24.5 Å². The second-order valence-electron chi connectivity index (χ2n) is 5.53. The molecule has 1 aliphatic heterocycles. The van der Waals surface area contributed by atoms with Gasteiger partial charge in [-0.1, -0.05) is 24.0 Å². The summed E-state index contributed by atoms with van der Waals surface area (Å²) in [6.45, 7) is 2.01. The first-order valence-corrected chi connectivity index (χ1v) is 9.20. The molecule has 0 unspecified atom stereocenters. The van der Waals surface area contributed by atoms with Gasteiger partial charge in [0.2, 0.25) is 0 Å². The van der Waals surface area contributed by atoms with E-state index in [1.165, 1.54) is 29.2 Å². The molecule has 2 N–H and O–H groups in total. The number of ether oxygens (including phenoxy) is 1. The van der Waals surface area contributed by atoms with Gasteiger partial charge in [0.25, 0.3) is 5.91 Å². The Labute approximate surface area is 165 Å². The highest BCUT2D eigenvalue weighted by Crippen LogP contribution is 2.37. The molecule has 27 heavy (non-hydrogen) atoms. The Bertz CT molecular complexity index is 953. The maximum Gasteiger partial charge on any atom is 0.338 e. The first kappa shape index (κ1) is 18.9. The molecule has 6 nitrogen and oxygen atoms in total. The third kappa shape index (κ3) is 3.96. The van der Waals surface area contributed by atoms with Crippen molar-refractivity contribution in [3.8, 4) is 11.5 Å². The van der Waals surface area contributed by atoms with Crippen LogP contribution in [0.25, 0.3) is 6.08 Å². The first-order valence-electron chi connectivity index (χ1n) is 7.98. The molecule has 0 saturated carbocycles. The summed E-state index contributed by atoms with van der Waals surface area (Å²) in [6.07, 6.45) is 1.51. The van der Waals surface area contributed by atoms with Crippen LogP contribution in [0.5, 0.6) is 11.5 Å². The van der Waals surface area contributed by atoms with Crippen LogP contribution in [0, 0.1) is 0 Å². The largest absolute Gasteiger partial charge is 0.508 e. The molecular weight excluding hydrogens is 386 g/mol. The smallest absolute Gasteiger partial charge is 0.338 e. The fraction of sp³-hybridized carbons (Fsp3) is 0.105. The zero-order valence-corrected chi connectivity index (χ0v) is 15.8. The molecule has 8 heteroatoms. The standard InChI is InChI=1S/C19H15NO5S2/c1-2-25-18(24)11-3-6-13(7-4-11)20-17(23)16(27-19(20)26)9-12-5-8-14(21)10-15(12)22/h3-10,21-22H,2H2,1H3/b16-9-. The van der Waals surface area contributed by atoms with E-state index in [1.807, 2.05) is 0 Å². The topological polar surface area (TPSA) is 87.1 Å². The van der Waals surface area contributed by atoms with Gasteiger partial charge >= 0.3 is 5.97 Å². The Morgan fingerprint density at radius 3 is 2.56 bits per heavy atom. The van der Waals surface area contributed by atoms with Crippen molar-refractivity contribution in [1.82, 2.24) is 0 Å². The van der Waals surface area contributed by atoms with Gasteiger partial charge in [-0.15, -0.1) is 0 Å². The molecule has 0 atom stereocenters. The number of benzene rings is 2. The van der Waals surface area contributed by atoms with Crippen molar-refractivity contribution >= 4 is 51.9 Å². The predicted octanol–water partition coefficient (Wildman–Crippen LogP) is 3.68. The van der Waals surface area contributed by atoms with E-state index in [2.05, 4.69) is 0 Å². The summed E-state index contributed by atoms with van der Waals surface area (Å²) in [5.41, 5.74) is 1.31. The molecule has 1 aliphatic rings. The van der Waals surface area contributed by atoms with Gasteiger partial charge in [0.1, 0.15) is 11.5 Å². The highest BCUT2D eigenvalue weighted by Gasteiger charge is 2.33. The number of aromatic hydroxyl groups is 2. The average molecular weight is 401 g/mol. The van der Waals surface area contributed by atoms with Crippen molar-refractivity contribution in [1.29, 1.82) is 0 Å². The number of thioether (sulfide) groups is 1. The predicted molar refractivity (Wildman–Crippen MR) is 108 cm³/mol. The van der Waals surface area contributed by atoms with Crippen LogP contribution in [0.15, 0.2) is 47.4 Å². The maximum atomic E-state index is 12.7. The van der Waals surface area contributed by atoms with Gasteiger partial charge in [-0.3, -0.25) is 9.69 Å². The van der Waals surface area contributed by atoms with E-state index < -0.39 is 5.97 Å². The second kappa shape index (κ2) is 7.81. The summed E-state index contributed by atoms with van der Waals surface area (Å²) >= 11 is 6.41. The van der Waals surface area contributed by atoms with E-state index in [0.717, 1.165) is 11.8 Å².